The first-order valence-corrected chi connectivity index (χ1v) is 3.87. The first kappa shape index (κ1) is 6.68. The van der Waals surface area contributed by atoms with Crippen molar-refractivity contribution in [3.63, 3.8) is 0 Å². The molecular formula is C4H2ClN5S. The van der Waals surface area contributed by atoms with Crippen molar-refractivity contribution in [2.75, 3.05) is 0 Å². The smallest absolute Gasteiger partial charge is 0.202 e. The molecule has 7 heteroatoms. The molecule has 0 fully saturated rings. The molecule has 11 heavy (non-hydrogen) atoms. The largest absolute Gasteiger partial charge is 0.203 e. The van der Waals surface area contributed by atoms with Gasteiger partial charge in [0, 0.05) is 0 Å². The van der Waals surface area contributed by atoms with Gasteiger partial charge in [-0.1, -0.05) is 0 Å². The van der Waals surface area contributed by atoms with E-state index >= 15 is 0 Å². The van der Waals surface area contributed by atoms with Crippen molar-refractivity contribution in [3.05, 3.63) is 10.7 Å². The van der Waals surface area contributed by atoms with Crippen LogP contribution >= 0.6 is 23.1 Å². The van der Waals surface area contributed by atoms with Gasteiger partial charge in [-0.2, -0.15) is 19.8 Å². The lowest BCUT2D eigenvalue weighted by molar-refractivity contribution is 0.940. The molecule has 0 spiro atoms. The van der Waals surface area contributed by atoms with E-state index in [9.17, 15) is 0 Å². The van der Waals surface area contributed by atoms with Gasteiger partial charge in [-0.15, -0.1) is 0 Å². The third kappa shape index (κ3) is 1.22. The number of nitrogens with zero attached hydrogens (tertiary/aromatic N) is 4. The minimum Gasteiger partial charge on any atom is -0.202 e. The maximum Gasteiger partial charge on any atom is 0.203 e. The molecule has 0 aliphatic rings. The van der Waals surface area contributed by atoms with E-state index in [4.69, 9.17) is 11.6 Å². The Morgan fingerprint density at radius 2 is 2.45 bits per heavy atom. The summed E-state index contributed by atoms with van der Waals surface area (Å²) in [6.45, 7) is 0. The minimum absolute atomic E-state index is 0.406. The van der Waals surface area contributed by atoms with E-state index in [0.717, 1.165) is 11.5 Å². The zero-order valence-electron chi connectivity index (χ0n) is 5.15. The van der Waals surface area contributed by atoms with Crippen LogP contribution in [-0.2, 0) is 0 Å². The van der Waals surface area contributed by atoms with Crippen LogP contribution in [-0.4, -0.2) is 24.8 Å². The number of H-pyrrole nitrogens is 1. The van der Waals surface area contributed by atoms with E-state index in [1.807, 2.05) is 0 Å². The van der Waals surface area contributed by atoms with E-state index < -0.39 is 0 Å². The first-order valence-electron chi connectivity index (χ1n) is 2.71. The van der Waals surface area contributed by atoms with Gasteiger partial charge in [0.2, 0.25) is 4.47 Å². The van der Waals surface area contributed by atoms with Gasteiger partial charge in [0.25, 0.3) is 0 Å². The van der Waals surface area contributed by atoms with Crippen LogP contribution in [0.25, 0.3) is 11.5 Å². The third-order valence-corrected chi connectivity index (χ3v) is 1.84. The molecule has 2 heterocycles. The van der Waals surface area contributed by atoms with Crippen molar-refractivity contribution in [1.82, 2.24) is 24.8 Å². The van der Waals surface area contributed by atoms with Gasteiger partial charge in [0.05, 0.1) is 6.20 Å². The molecule has 56 valence electrons. The predicted molar refractivity (Wildman–Crippen MR) is 40.3 cm³/mol. The normalized spacial score (nSPS) is 10.3. The Bertz CT molecular complexity index is 341. The zero-order valence-corrected chi connectivity index (χ0v) is 6.72. The number of hydrogen-bond donors (Lipinski definition) is 1. The van der Waals surface area contributed by atoms with Gasteiger partial charge in [-0.25, -0.2) is 4.98 Å². The molecule has 0 saturated carbocycles. The van der Waals surface area contributed by atoms with Gasteiger partial charge in [-0.3, -0.25) is 0 Å². The van der Waals surface area contributed by atoms with Crippen molar-refractivity contribution in [3.8, 4) is 11.5 Å². The average Bonchev–Trinajstić information content (AvgIpc) is 2.55. The molecule has 5 nitrogen and oxygen atoms in total. The maximum atomic E-state index is 5.56. The van der Waals surface area contributed by atoms with Crippen LogP contribution in [0.5, 0.6) is 0 Å². The molecule has 0 aromatic carbocycles. The summed E-state index contributed by atoms with van der Waals surface area (Å²) >= 11 is 6.69. The van der Waals surface area contributed by atoms with Gasteiger partial charge >= 0.3 is 0 Å². The first-order chi connectivity index (χ1) is 5.36. The Morgan fingerprint density at radius 1 is 1.55 bits per heavy atom. The minimum atomic E-state index is 0.406. The van der Waals surface area contributed by atoms with Crippen LogP contribution in [0.2, 0.25) is 4.47 Å². The molecule has 0 bridgehead atoms. The fraction of sp³-hybridized carbons (Fsp3) is 0. The van der Waals surface area contributed by atoms with E-state index in [0.29, 0.717) is 16.0 Å². The summed E-state index contributed by atoms with van der Waals surface area (Å²) in [7, 11) is 0. The van der Waals surface area contributed by atoms with Crippen LogP contribution in [0.15, 0.2) is 6.20 Å². The molecule has 0 atom stereocenters. The van der Waals surface area contributed by atoms with Crippen LogP contribution < -0.4 is 0 Å². The highest BCUT2D eigenvalue weighted by Crippen LogP contribution is 2.17. The second kappa shape index (κ2) is 2.55. The second-order valence-electron chi connectivity index (χ2n) is 1.73. The molecule has 0 aliphatic carbocycles. The Kier molecular flexibility index (Phi) is 1.55. The molecule has 2 rings (SSSR count). The summed E-state index contributed by atoms with van der Waals surface area (Å²) in [6, 6.07) is 0. The molecule has 0 aliphatic heterocycles. The van der Waals surface area contributed by atoms with E-state index in [1.165, 1.54) is 0 Å². The predicted octanol–water partition coefficient (Wildman–Crippen LogP) is 0.977. The molecule has 0 amide bonds. The van der Waals surface area contributed by atoms with Crippen molar-refractivity contribution >= 4 is 23.1 Å². The fourth-order valence-electron chi connectivity index (χ4n) is 0.618. The van der Waals surface area contributed by atoms with E-state index in [2.05, 4.69) is 24.8 Å². The average molecular weight is 188 g/mol. The topological polar surface area (TPSA) is 67.3 Å². The van der Waals surface area contributed by atoms with Crippen LogP contribution in [0.3, 0.4) is 0 Å². The summed E-state index contributed by atoms with van der Waals surface area (Å²) in [4.78, 5) is 3.90. The van der Waals surface area contributed by atoms with Crippen LogP contribution in [0.4, 0.5) is 0 Å². The Morgan fingerprint density at radius 3 is 3.00 bits per heavy atom. The summed E-state index contributed by atoms with van der Waals surface area (Å²) in [5, 5.41) is 9.86. The second-order valence-corrected chi connectivity index (χ2v) is 3.06. The summed E-state index contributed by atoms with van der Waals surface area (Å²) in [5.74, 6) is 0.508. The Hall–Kier alpha value is -1.01. The number of halogens is 1. The van der Waals surface area contributed by atoms with E-state index in [1.54, 1.807) is 6.20 Å². The van der Waals surface area contributed by atoms with E-state index in [-0.39, 0.29) is 0 Å². The monoisotopic (exact) mass is 187 g/mol. The quantitative estimate of drug-likeness (QED) is 0.723. The SMILES string of the molecule is Clc1nc(-c2cn[nH]n2)ns1. The van der Waals surface area contributed by atoms with Gasteiger partial charge in [-0.05, 0) is 23.1 Å². The summed E-state index contributed by atoms with van der Waals surface area (Å²) in [5.41, 5.74) is 0.605. The fourth-order valence-corrected chi connectivity index (χ4v) is 1.23. The van der Waals surface area contributed by atoms with Crippen molar-refractivity contribution in [1.29, 1.82) is 0 Å². The van der Waals surface area contributed by atoms with Crippen molar-refractivity contribution in [2.24, 2.45) is 0 Å². The lowest BCUT2D eigenvalue weighted by Crippen LogP contribution is -1.78. The summed E-state index contributed by atoms with van der Waals surface area (Å²) in [6.07, 6.45) is 1.54. The molecule has 0 saturated heterocycles. The van der Waals surface area contributed by atoms with Gasteiger partial charge in [0.15, 0.2) is 11.5 Å². The van der Waals surface area contributed by atoms with Crippen LogP contribution in [0, 0.1) is 0 Å². The third-order valence-electron chi connectivity index (χ3n) is 1.05. The lowest BCUT2D eigenvalue weighted by Gasteiger charge is -1.79. The van der Waals surface area contributed by atoms with Crippen molar-refractivity contribution < 1.29 is 0 Å². The number of hydrogen-bond acceptors (Lipinski definition) is 5. The molecule has 0 radical (unpaired) electrons. The molecule has 2 aromatic rings. The Labute approximate surface area is 70.6 Å². The maximum absolute atomic E-state index is 5.56. The van der Waals surface area contributed by atoms with Gasteiger partial charge in [0.1, 0.15) is 0 Å². The Balaban J connectivity index is 2.45. The summed E-state index contributed by atoms with van der Waals surface area (Å²) < 4.78 is 4.34. The number of aromatic amines is 1. The zero-order chi connectivity index (χ0) is 7.68. The molecule has 0 unspecified atom stereocenters. The highest BCUT2D eigenvalue weighted by atomic mass is 35.5. The molecular weight excluding hydrogens is 186 g/mol. The lowest BCUT2D eigenvalue weighted by atomic mass is 10.5. The van der Waals surface area contributed by atoms with Gasteiger partial charge < -0.3 is 0 Å². The molecule has 1 N–H and O–H groups in total. The number of nitrogens with one attached hydrogen (secondary N) is 1. The van der Waals surface area contributed by atoms with Crippen molar-refractivity contribution in [2.45, 2.75) is 0 Å². The number of aromatic nitrogens is 5. The van der Waals surface area contributed by atoms with Crippen LogP contribution in [0.1, 0.15) is 0 Å². The highest BCUT2D eigenvalue weighted by Gasteiger charge is 2.06. The standard InChI is InChI=1S/C4H2ClN5S/c5-4-7-3(9-11-4)2-1-6-10-8-2/h1H,(H,6,8,10). The number of rotatable bonds is 1. The molecule has 2 aromatic heterocycles. The highest BCUT2D eigenvalue weighted by molar-refractivity contribution is 7.10.